The number of ether oxygens (including phenoxy) is 1. The highest BCUT2D eigenvalue weighted by atomic mass is 32.2. The maximum Gasteiger partial charge on any atom is 0.416 e. The van der Waals surface area contributed by atoms with Crippen molar-refractivity contribution in [2.75, 3.05) is 46.0 Å². The molecule has 3 fully saturated rings. The molecule has 2 atom stereocenters. The van der Waals surface area contributed by atoms with Crippen LogP contribution >= 0.6 is 0 Å². The van der Waals surface area contributed by atoms with Crippen LogP contribution in [-0.2, 0) is 37.3 Å². The highest BCUT2D eigenvalue weighted by Crippen LogP contribution is 2.31. The minimum absolute atomic E-state index is 0.0325. The second kappa shape index (κ2) is 12.0. The van der Waals surface area contributed by atoms with E-state index in [1.165, 1.54) is 13.5 Å². The molecule has 0 bridgehead atoms. The summed E-state index contributed by atoms with van der Waals surface area (Å²) in [5, 5.41) is 2.51. The third-order valence-corrected chi connectivity index (χ3v) is 9.24. The summed E-state index contributed by atoms with van der Waals surface area (Å²) >= 11 is 0. The lowest BCUT2D eigenvalue weighted by atomic mass is 9.97. The Hall–Kier alpha value is -2.36. The van der Waals surface area contributed by atoms with Crippen LogP contribution in [0.15, 0.2) is 18.2 Å². The van der Waals surface area contributed by atoms with Crippen LogP contribution in [0.5, 0.6) is 0 Å². The number of rotatable bonds is 9. The summed E-state index contributed by atoms with van der Waals surface area (Å²) in [6.07, 6.45) is -3.24. The van der Waals surface area contributed by atoms with Crippen molar-refractivity contribution in [1.82, 2.24) is 18.8 Å². The summed E-state index contributed by atoms with van der Waals surface area (Å²) in [6, 6.07) is 1.22. The summed E-state index contributed by atoms with van der Waals surface area (Å²) in [7, 11) is -3.82. The molecule has 218 valence electrons. The molecule has 9 nitrogen and oxygen atoms in total. The Morgan fingerprint density at radius 3 is 2.44 bits per heavy atom. The van der Waals surface area contributed by atoms with Gasteiger partial charge in [-0.25, -0.2) is 8.78 Å². The molecule has 3 aliphatic rings. The van der Waals surface area contributed by atoms with Gasteiger partial charge in [0.05, 0.1) is 24.2 Å². The Labute approximate surface area is 223 Å². The van der Waals surface area contributed by atoms with Crippen molar-refractivity contribution in [2.24, 2.45) is 5.92 Å². The summed E-state index contributed by atoms with van der Waals surface area (Å²) in [5.41, 5.74) is -1.26. The molecule has 0 aliphatic carbocycles. The Bertz CT molecular complexity index is 1160. The fourth-order valence-electron chi connectivity index (χ4n) is 5.13. The number of likely N-dealkylation sites (tertiary alicyclic amines) is 1. The van der Waals surface area contributed by atoms with E-state index >= 15 is 0 Å². The molecule has 15 heteroatoms. The lowest BCUT2D eigenvalue weighted by molar-refractivity contribution is -0.142. The Morgan fingerprint density at radius 2 is 1.77 bits per heavy atom. The molecule has 3 heterocycles. The van der Waals surface area contributed by atoms with E-state index in [2.05, 4.69) is 5.32 Å². The molecule has 0 radical (unpaired) electrons. The van der Waals surface area contributed by atoms with Gasteiger partial charge in [-0.3, -0.25) is 9.59 Å². The molecule has 0 unspecified atom stereocenters. The van der Waals surface area contributed by atoms with E-state index in [1.54, 1.807) is 0 Å². The van der Waals surface area contributed by atoms with Crippen molar-refractivity contribution in [3.05, 3.63) is 35.1 Å². The van der Waals surface area contributed by atoms with Crippen molar-refractivity contribution in [2.45, 2.75) is 50.6 Å². The third kappa shape index (κ3) is 6.69. The Balaban J connectivity index is 1.33. The molecule has 3 saturated heterocycles. The maximum atomic E-state index is 14.2. The van der Waals surface area contributed by atoms with E-state index < -0.39 is 52.3 Å². The second-order valence-electron chi connectivity index (χ2n) is 9.92. The molecule has 2 amide bonds. The molecular formula is C24H31F5N4O5S. The Kier molecular flexibility index (Phi) is 9.13. The highest BCUT2D eigenvalue weighted by molar-refractivity contribution is 7.86. The maximum absolute atomic E-state index is 14.2. The van der Waals surface area contributed by atoms with E-state index in [9.17, 15) is 40.0 Å². The monoisotopic (exact) mass is 582 g/mol. The molecule has 3 aliphatic heterocycles. The predicted octanol–water partition coefficient (Wildman–Crippen LogP) is 2.08. The molecular weight excluding hydrogens is 551 g/mol. The second-order valence-corrected chi connectivity index (χ2v) is 11.8. The van der Waals surface area contributed by atoms with Crippen LogP contribution in [0.1, 0.15) is 36.8 Å². The topological polar surface area (TPSA) is 99.3 Å². The number of hydrogen-bond donors (Lipinski definition) is 1. The largest absolute Gasteiger partial charge is 0.416 e. The number of alkyl halides is 4. The fraction of sp³-hybridized carbons (Fsp3) is 0.667. The average molecular weight is 583 g/mol. The van der Waals surface area contributed by atoms with Gasteiger partial charge >= 0.3 is 6.18 Å². The normalized spacial score (nSPS) is 23.6. The zero-order chi connectivity index (χ0) is 28.4. The van der Waals surface area contributed by atoms with Crippen molar-refractivity contribution in [3.8, 4) is 0 Å². The average Bonchev–Trinajstić information content (AvgIpc) is 3.36. The summed E-state index contributed by atoms with van der Waals surface area (Å²) in [4.78, 5) is 27.6. The minimum Gasteiger partial charge on any atom is -0.373 e. The van der Waals surface area contributed by atoms with E-state index in [1.807, 2.05) is 0 Å². The molecule has 0 aromatic heterocycles. The first-order chi connectivity index (χ1) is 18.4. The van der Waals surface area contributed by atoms with Crippen LogP contribution in [-0.4, -0.2) is 91.9 Å². The number of carbonyl (C=O) groups is 2. The van der Waals surface area contributed by atoms with Gasteiger partial charge in [0.1, 0.15) is 18.5 Å². The number of nitrogens with one attached hydrogen (secondary N) is 1. The first-order valence-corrected chi connectivity index (χ1v) is 14.2. The molecule has 1 N–H and O–H groups in total. The summed E-state index contributed by atoms with van der Waals surface area (Å²) < 4.78 is 98.4. The van der Waals surface area contributed by atoms with Crippen molar-refractivity contribution in [3.63, 3.8) is 0 Å². The minimum atomic E-state index is -4.69. The molecule has 0 saturated carbocycles. The van der Waals surface area contributed by atoms with Gasteiger partial charge < -0.3 is 15.0 Å². The van der Waals surface area contributed by atoms with Crippen LogP contribution in [0, 0.1) is 11.7 Å². The van der Waals surface area contributed by atoms with Gasteiger partial charge in [-0.15, -0.1) is 0 Å². The van der Waals surface area contributed by atoms with Crippen LogP contribution in [0.3, 0.4) is 0 Å². The van der Waals surface area contributed by atoms with Gasteiger partial charge in [0, 0.05) is 44.8 Å². The zero-order valence-electron chi connectivity index (χ0n) is 21.1. The standard InChI is InChI=1S/C24H31F5N4O5S/c25-7-10-38-19-14-32(15-19)39(36,37)31-8-1-3-17(13-31)23(35)33-9-2-4-21(33)22(34)30-12-16-5-6-18(11-20(16)26)24(27,28)29/h5-6,11,17,19,21H,1-4,7-10,12-15H2,(H,30,34)/t17-,21+/m0/s1. The van der Waals surface area contributed by atoms with Crippen molar-refractivity contribution < 1.29 is 44.7 Å². The Morgan fingerprint density at radius 1 is 1.05 bits per heavy atom. The predicted molar refractivity (Wildman–Crippen MR) is 128 cm³/mol. The fourth-order valence-corrected chi connectivity index (χ4v) is 6.89. The van der Waals surface area contributed by atoms with Gasteiger partial charge in [-0.1, -0.05) is 6.07 Å². The summed E-state index contributed by atoms with van der Waals surface area (Å²) in [5.74, 6) is -2.65. The number of piperidine rings is 1. The zero-order valence-corrected chi connectivity index (χ0v) is 21.9. The van der Waals surface area contributed by atoms with Gasteiger partial charge in [0.2, 0.25) is 11.8 Å². The first kappa shape index (κ1) is 29.6. The molecule has 39 heavy (non-hydrogen) atoms. The highest BCUT2D eigenvalue weighted by Gasteiger charge is 2.44. The van der Waals surface area contributed by atoms with E-state index in [0.717, 1.165) is 12.1 Å². The number of nitrogens with zero attached hydrogens (tertiary/aromatic N) is 3. The van der Waals surface area contributed by atoms with Crippen LogP contribution in [0.4, 0.5) is 22.0 Å². The van der Waals surface area contributed by atoms with Gasteiger partial charge in [-0.2, -0.15) is 30.2 Å². The van der Waals surface area contributed by atoms with E-state index in [4.69, 9.17) is 4.74 Å². The van der Waals surface area contributed by atoms with Gasteiger partial charge in [-0.05, 0) is 37.8 Å². The SMILES string of the molecule is O=C(NCc1ccc(C(F)(F)F)cc1F)[C@H]1CCCN1C(=O)[C@H]1CCCN(S(=O)(=O)N2CC(OCCF)C2)C1. The molecule has 4 rings (SSSR count). The third-order valence-electron chi connectivity index (χ3n) is 7.30. The van der Waals surface area contributed by atoms with E-state index in [-0.39, 0.29) is 56.9 Å². The lowest BCUT2D eigenvalue weighted by Gasteiger charge is -2.42. The number of halogens is 5. The van der Waals surface area contributed by atoms with Crippen LogP contribution in [0.2, 0.25) is 0 Å². The van der Waals surface area contributed by atoms with Crippen LogP contribution in [0.25, 0.3) is 0 Å². The van der Waals surface area contributed by atoms with Gasteiger partial charge in [0.25, 0.3) is 10.2 Å². The van der Waals surface area contributed by atoms with Crippen molar-refractivity contribution >= 4 is 22.0 Å². The number of benzene rings is 1. The smallest absolute Gasteiger partial charge is 0.373 e. The number of amides is 2. The quantitative estimate of drug-likeness (QED) is 0.450. The molecule has 1 aromatic rings. The molecule has 0 spiro atoms. The number of hydrogen-bond acceptors (Lipinski definition) is 5. The number of carbonyl (C=O) groups excluding carboxylic acids is 2. The van der Waals surface area contributed by atoms with Crippen LogP contribution < -0.4 is 5.32 Å². The molecule has 1 aromatic carbocycles. The lowest BCUT2D eigenvalue weighted by Crippen LogP contribution is -2.60. The summed E-state index contributed by atoms with van der Waals surface area (Å²) in [6.45, 7) is -0.340. The van der Waals surface area contributed by atoms with Gasteiger partial charge in [0.15, 0.2) is 0 Å². The van der Waals surface area contributed by atoms with Crippen molar-refractivity contribution in [1.29, 1.82) is 0 Å². The van der Waals surface area contributed by atoms with E-state index in [0.29, 0.717) is 38.3 Å². The first-order valence-electron chi connectivity index (χ1n) is 12.8.